The first-order valence-corrected chi connectivity index (χ1v) is 10.1. The van der Waals surface area contributed by atoms with Gasteiger partial charge in [-0.3, -0.25) is 0 Å². The number of ether oxygens (including phenoxy) is 2. The summed E-state index contributed by atoms with van der Waals surface area (Å²) in [5.41, 5.74) is 2.18. The third-order valence-electron chi connectivity index (χ3n) is 5.30. The Bertz CT molecular complexity index is 1080. The lowest BCUT2D eigenvalue weighted by Crippen LogP contribution is -2.24. The van der Waals surface area contributed by atoms with Gasteiger partial charge in [-0.2, -0.15) is 5.10 Å². The fourth-order valence-corrected chi connectivity index (χ4v) is 4.00. The molecule has 0 radical (unpaired) electrons. The Balaban J connectivity index is 1.78. The molecule has 158 valence electrons. The van der Waals surface area contributed by atoms with Crippen molar-refractivity contribution in [3.05, 3.63) is 47.2 Å². The molecule has 3 aromatic heterocycles. The van der Waals surface area contributed by atoms with E-state index in [4.69, 9.17) is 14.5 Å². The minimum absolute atomic E-state index is 0.127. The second kappa shape index (κ2) is 8.25. The molecule has 1 atom stereocenters. The number of hydrogen-bond acceptors (Lipinski definition) is 7. The number of esters is 1. The lowest BCUT2D eigenvalue weighted by molar-refractivity contribution is 0.0527. The predicted octanol–water partition coefficient (Wildman–Crippen LogP) is 3.35. The van der Waals surface area contributed by atoms with Gasteiger partial charge >= 0.3 is 5.97 Å². The van der Waals surface area contributed by atoms with Crippen LogP contribution in [-0.2, 0) is 11.2 Å². The third kappa shape index (κ3) is 3.44. The Morgan fingerprint density at radius 1 is 1.37 bits per heavy atom. The monoisotopic (exact) mass is 413 g/mol. The zero-order chi connectivity index (χ0) is 21.3. The van der Waals surface area contributed by atoms with Gasteiger partial charge in [0.2, 0.25) is 5.88 Å². The molecule has 1 saturated heterocycles. The van der Waals surface area contributed by atoms with Crippen molar-refractivity contribution in [3.63, 3.8) is 0 Å². The van der Waals surface area contributed by atoms with Crippen LogP contribution in [-0.4, -0.2) is 45.8 Å². The second-order valence-electron chi connectivity index (χ2n) is 7.05. The Morgan fingerprint density at radius 3 is 2.93 bits per heavy atom. The van der Waals surface area contributed by atoms with Crippen LogP contribution in [0.2, 0.25) is 0 Å². The zero-order valence-electron chi connectivity index (χ0n) is 17.3. The van der Waals surface area contributed by atoms with E-state index in [2.05, 4.69) is 15.0 Å². The Kier molecular flexibility index (Phi) is 5.52. The van der Waals surface area contributed by atoms with Crippen molar-refractivity contribution in [2.24, 2.45) is 0 Å². The fraction of sp³-hybridized carbons (Fsp3) is 0.429. The number of aryl methyl sites for hydroxylation is 1. The van der Waals surface area contributed by atoms with E-state index in [1.165, 1.54) is 13.2 Å². The van der Waals surface area contributed by atoms with Crippen molar-refractivity contribution in [1.29, 1.82) is 0 Å². The van der Waals surface area contributed by atoms with Crippen molar-refractivity contribution >= 4 is 17.4 Å². The largest absolute Gasteiger partial charge is 0.481 e. The number of carbonyl (C=O) groups excluding carboxylic acids is 1. The lowest BCUT2D eigenvalue weighted by Gasteiger charge is -2.26. The first-order chi connectivity index (χ1) is 14.6. The second-order valence-corrected chi connectivity index (χ2v) is 7.05. The third-order valence-corrected chi connectivity index (χ3v) is 5.30. The van der Waals surface area contributed by atoms with Crippen molar-refractivity contribution in [2.75, 3.05) is 25.2 Å². The highest BCUT2D eigenvalue weighted by molar-refractivity contribution is 5.97. The van der Waals surface area contributed by atoms with Gasteiger partial charge < -0.3 is 14.4 Å². The number of hydrogen-bond donors (Lipinski definition) is 0. The zero-order valence-corrected chi connectivity index (χ0v) is 17.3. The number of aromatic nitrogens is 4. The van der Waals surface area contributed by atoms with Crippen molar-refractivity contribution in [3.8, 4) is 5.88 Å². The SMILES string of the molecule is CCOC(=O)c1c(CC)nn2ccc(N3CCC[C@@H]3c3cc(F)cnc3OC)nc12. The van der Waals surface area contributed by atoms with Gasteiger partial charge in [0.15, 0.2) is 5.65 Å². The van der Waals surface area contributed by atoms with Crippen LogP contribution < -0.4 is 9.64 Å². The molecule has 1 aliphatic heterocycles. The summed E-state index contributed by atoms with van der Waals surface area (Å²) in [5, 5.41) is 4.47. The molecule has 30 heavy (non-hydrogen) atoms. The molecule has 0 spiro atoms. The Labute approximate surface area is 173 Å². The fourth-order valence-electron chi connectivity index (χ4n) is 4.00. The number of halogens is 1. The van der Waals surface area contributed by atoms with Crippen LogP contribution in [0.5, 0.6) is 5.88 Å². The highest BCUT2D eigenvalue weighted by atomic mass is 19.1. The van der Waals surface area contributed by atoms with Crippen LogP contribution in [0.1, 0.15) is 54.3 Å². The summed E-state index contributed by atoms with van der Waals surface area (Å²) in [6, 6.07) is 3.19. The summed E-state index contributed by atoms with van der Waals surface area (Å²) in [5.74, 6) is 0.251. The molecule has 1 aliphatic rings. The van der Waals surface area contributed by atoms with Crippen molar-refractivity contribution in [1.82, 2.24) is 19.6 Å². The molecule has 0 aromatic carbocycles. The standard InChI is InChI=1S/C21H24FN5O3/c1-4-15-18(21(28)30-5-2)19-24-17(8-10-27(19)25-15)26-9-6-7-16(26)14-11-13(22)12-23-20(14)29-3/h8,10-12,16H,4-7,9H2,1-3H3/t16-/m1/s1. The van der Waals surface area contributed by atoms with E-state index >= 15 is 0 Å². The van der Waals surface area contributed by atoms with Crippen molar-refractivity contribution in [2.45, 2.75) is 39.2 Å². The quantitative estimate of drug-likeness (QED) is 0.573. The molecule has 0 N–H and O–H groups in total. The molecule has 4 rings (SSSR count). The van der Waals surface area contributed by atoms with E-state index < -0.39 is 11.8 Å². The van der Waals surface area contributed by atoms with Gasteiger partial charge in [0.05, 0.1) is 31.6 Å². The van der Waals surface area contributed by atoms with Gasteiger partial charge in [0, 0.05) is 18.3 Å². The summed E-state index contributed by atoms with van der Waals surface area (Å²) in [4.78, 5) is 23.5. The predicted molar refractivity (Wildman–Crippen MR) is 108 cm³/mol. The average molecular weight is 413 g/mol. The van der Waals surface area contributed by atoms with E-state index in [9.17, 15) is 9.18 Å². The molecule has 0 aliphatic carbocycles. The maximum atomic E-state index is 13.9. The highest BCUT2D eigenvalue weighted by Crippen LogP contribution is 2.39. The van der Waals surface area contributed by atoms with E-state index in [0.717, 1.165) is 25.6 Å². The van der Waals surface area contributed by atoms with Crippen LogP contribution >= 0.6 is 0 Å². The van der Waals surface area contributed by atoms with Gasteiger partial charge in [0.1, 0.15) is 17.2 Å². The number of methoxy groups -OCH3 is 1. The van der Waals surface area contributed by atoms with Gasteiger partial charge in [-0.15, -0.1) is 0 Å². The number of anilines is 1. The topological polar surface area (TPSA) is 81.8 Å². The van der Waals surface area contributed by atoms with Gasteiger partial charge in [0.25, 0.3) is 0 Å². The van der Waals surface area contributed by atoms with Gasteiger partial charge in [-0.1, -0.05) is 6.92 Å². The molecule has 9 heteroatoms. The molecular formula is C21H24FN5O3. The van der Waals surface area contributed by atoms with Crippen LogP contribution in [0.15, 0.2) is 24.5 Å². The first kappa shape index (κ1) is 20.1. The molecule has 8 nitrogen and oxygen atoms in total. The summed E-state index contributed by atoms with van der Waals surface area (Å²) < 4.78 is 26.1. The molecule has 3 aromatic rings. The molecular weight excluding hydrogens is 389 g/mol. The van der Waals surface area contributed by atoms with Crippen LogP contribution in [0, 0.1) is 5.82 Å². The number of pyridine rings is 1. The van der Waals surface area contributed by atoms with Crippen LogP contribution in [0.4, 0.5) is 10.2 Å². The molecule has 0 unspecified atom stereocenters. The molecule has 0 bridgehead atoms. The average Bonchev–Trinajstić information content (AvgIpc) is 3.37. The first-order valence-electron chi connectivity index (χ1n) is 10.1. The smallest absolute Gasteiger partial charge is 0.343 e. The Morgan fingerprint density at radius 2 is 2.20 bits per heavy atom. The lowest BCUT2D eigenvalue weighted by atomic mass is 10.1. The minimum Gasteiger partial charge on any atom is -0.481 e. The maximum Gasteiger partial charge on any atom is 0.343 e. The van der Waals surface area contributed by atoms with E-state index in [1.807, 2.05) is 13.0 Å². The molecule has 4 heterocycles. The molecule has 0 amide bonds. The number of nitrogens with zero attached hydrogens (tertiary/aromatic N) is 5. The van der Waals surface area contributed by atoms with Crippen LogP contribution in [0.3, 0.4) is 0 Å². The van der Waals surface area contributed by atoms with Gasteiger partial charge in [-0.25, -0.2) is 23.7 Å². The van der Waals surface area contributed by atoms with Crippen LogP contribution in [0.25, 0.3) is 5.65 Å². The maximum absolute atomic E-state index is 13.9. The summed E-state index contributed by atoms with van der Waals surface area (Å²) >= 11 is 0. The summed E-state index contributed by atoms with van der Waals surface area (Å²) in [6.07, 6.45) is 5.26. The van der Waals surface area contributed by atoms with E-state index in [1.54, 1.807) is 17.6 Å². The van der Waals surface area contributed by atoms with E-state index in [-0.39, 0.29) is 12.6 Å². The van der Waals surface area contributed by atoms with Crippen molar-refractivity contribution < 1.29 is 18.7 Å². The normalized spacial score (nSPS) is 16.3. The number of fused-ring (bicyclic) bond motifs is 1. The van der Waals surface area contributed by atoms with E-state index in [0.29, 0.717) is 40.6 Å². The number of rotatable bonds is 6. The molecule has 0 saturated carbocycles. The minimum atomic E-state index is -0.428. The highest BCUT2D eigenvalue weighted by Gasteiger charge is 2.31. The summed E-state index contributed by atoms with van der Waals surface area (Å²) in [7, 11) is 1.53. The Hall–Kier alpha value is -3.23. The van der Waals surface area contributed by atoms with Gasteiger partial charge in [-0.05, 0) is 38.3 Å². The molecule has 1 fully saturated rings. The summed E-state index contributed by atoms with van der Waals surface area (Å²) in [6.45, 7) is 4.73. The number of carbonyl (C=O) groups is 1.